The van der Waals surface area contributed by atoms with Gasteiger partial charge in [0, 0.05) is 36.3 Å². The topological polar surface area (TPSA) is 95.6 Å². The first-order valence-corrected chi connectivity index (χ1v) is 12.3. The van der Waals surface area contributed by atoms with Crippen LogP contribution in [0.2, 0.25) is 0 Å². The molecule has 2 aromatic rings. The second-order valence-corrected chi connectivity index (χ2v) is 10.3. The summed E-state index contributed by atoms with van der Waals surface area (Å²) < 4.78 is 28.5. The van der Waals surface area contributed by atoms with E-state index in [2.05, 4.69) is 10.0 Å². The van der Waals surface area contributed by atoms with E-state index in [1.165, 1.54) is 6.07 Å². The molecule has 0 radical (unpaired) electrons. The molecule has 2 aromatic carbocycles. The Morgan fingerprint density at radius 2 is 1.72 bits per heavy atom. The van der Waals surface area contributed by atoms with Crippen LogP contribution in [0.5, 0.6) is 0 Å². The predicted molar refractivity (Wildman–Crippen MR) is 125 cm³/mol. The molecule has 0 unspecified atom stereocenters. The van der Waals surface area contributed by atoms with Crippen molar-refractivity contribution >= 4 is 27.5 Å². The number of piperidine rings is 1. The number of aryl methyl sites for hydroxylation is 2. The van der Waals surface area contributed by atoms with Crippen LogP contribution in [-0.4, -0.2) is 44.3 Å². The number of nitrogens with one attached hydrogen (secondary N) is 2. The molecular formula is C24H31N3O4S. The molecule has 1 aliphatic rings. The lowest BCUT2D eigenvalue weighted by Gasteiger charge is -2.33. The van der Waals surface area contributed by atoms with E-state index in [1.54, 1.807) is 37.3 Å². The Balaban J connectivity index is 1.70. The highest BCUT2D eigenvalue weighted by atomic mass is 32.2. The Kier molecular flexibility index (Phi) is 7.23. The van der Waals surface area contributed by atoms with Crippen molar-refractivity contribution in [1.82, 2.24) is 10.2 Å². The summed E-state index contributed by atoms with van der Waals surface area (Å²) in [5, 5.41) is 2.99. The van der Waals surface area contributed by atoms with Gasteiger partial charge in [0.15, 0.2) is 0 Å². The van der Waals surface area contributed by atoms with E-state index in [-0.39, 0.29) is 28.7 Å². The predicted octanol–water partition coefficient (Wildman–Crippen LogP) is 3.48. The molecule has 1 heterocycles. The smallest absolute Gasteiger partial charge is 0.262 e. The summed E-state index contributed by atoms with van der Waals surface area (Å²) in [6, 6.07) is 11.7. The second-order valence-electron chi connectivity index (χ2n) is 8.68. The average molecular weight is 458 g/mol. The number of rotatable bonds is 6. The first kappa shape index (κ1) is 23.8. The first-order valence-electron chi connectivity index (χ1n) is 10.9. The van der Waals surface area contributed by atoms with Gasteiger partial charge in [0.05, 0.1) is 4.90 Å². The summed E-state index contributed by atoms with van der Waals surface area (Å²) >= 11 is 0. The van der Waals surface area contributed by atoms with Crippen LogP contribution in [0.4, 0.5) is 5.69 Å². The van der Waals surface area contributed by atoms with Gasteiger partial charge in [-0.2, -0.15) is 0 Å². The van der Waals surface area contributed by atoms with Crippen molar-refractivity contribution < 1.29 is 18.0 Å². The average Bonchev–Trinajstić information content (AvgIpc) is 2.73. The van der Waals surface area contributed by atoms with E-state index in [9.17, 15) is 18.0 Å². The molecule has 2 amide bonds. The molecule has 0 saturated carbocycles. The summed E-state index contributed by atoms with van der Waals surface area (Å²) in [5.41, 5.74) is 2.27. The standard InChI is InChI=1S/C24H31N3O4S/c1-16(2)24(29)27-12-10-20(11-13-27)25-23(28)19-9-8-18(4)22(15-19)32(30,31)26-21-7-5-6-17(3)14-21/h5-9,14-16,20,26H,10-13H2,1-4H3,(H,25,28). The Morgan fingerprint density at radius 3 is 2.34 bits per heavy atom. The molecule has 1 aliphatic heterocycles. The minimum Gasteiger partial charge on any atom is -0.349 e. The van der Waals surface area contributed by atoms with E-state index >= 15 is 0 Å². The van der Waals surface area contributed by atoms with Crippen LogP contribution in [-0.2, 0) is 14.8 Å². The Bertz CT molecular complexity index is 1100. The third kappa shape index (κ3) is 5.68. The van der Waals surface area contributed by atoms with E-state index < -0.39 is 10.0 Å². The molecule has 2 N–H and O–H groups in total. The minimum atomic E-state index is -3.85. The van der Waals surface area contributed by atoms with Gasteiger partial charge < -0.3 is 10.2 Å². The van der Waals surface area contributed by atoms with Crippen molar-refractivity contribution in [3.8, 4) is 0 Å². The van der Waals surface area contributed by atoms with Gasteiger partial charge in [-0.1, -0.05) is 32.0 Å². The van der Waals surface area contributed by atoms with Gasteiger partial charge in [-0.15, -0.1) is 0 Å². The van der Waals surface area contributed by atoms with E-state index in [1.807, 2.05) is 31.7 Å². The van der Waals surface area contributed by atoms with Crippen LogP contribution >= 0.6 is 0 Å². The van der Waals surface area contributed by atoms with Gasteiger partial charge in [0.1, 0.15) is 0 Å². The van der Waals surface area contributed by atoms with Crippen LogP contribution in [0.15, 0.2) is 47.4 Å². The van der Waals surface area contributed by atoms with Crippen LogP contribution < -0.4 is 10.0 Å². The van der Waals surface area contributed by atoms with E-state index in [0.717, 1.165) is 5.56 Å². The lowest BCUT2D eigenvalue weighted by Crippen LogP contribution is -2.47. The van der Waals surface area contributed by atoms with Gasteiger partial charge in [0.25, 0.3) is 15.9 Å². The summed E-state index contributed by atoms with van der Waals surface area (Å²) in [4.78, 5) is 26.9. The number of likely N-dealkylation sites (tertiary alicyclic amines) is 1. The maximum absolute atomic E-state index is 13.0. The van der Waals surface area contributed by atoms with Crippen molar-refractivity contribution in [1.29, 1.82) is 0 Å². The molecule has 0 aromatic heterocycles. The zero-order chi connectivity index (χ0) is 23.5. The molecule has 32 heavy (non-hydrogen) atoms. The Morgan fingerprint density at radius 1 is 1.03 bits per heavy atom. The summed E-state index contributed by atoms with van der Waals surface area (Å²) in [6.07, 6.45) is 1.35. The van der Waals surface area contributed by atoms with Crippen molar-refractivity contribution in [2.24, 2.45) is 5.92 Å². The number of benzene rings is 2. The number of sulfonamides is 1. The normalized spacial score (nSPS) is 15.0. The molecule has 8 heteroatoms. The highest BCUT2D eigenvalue weighted by molar-refractivity contribution is 7.92. The number of hydrogen-bond acceptors (Lipinski definition) is 4. The molecule has 0 atom stereocenters. The lowest BCUT2D eigenvalue weighted by molar-refractivity contribution is -0.135. The van der Waals surface area contributed by atoms with Crippen LogP contribution in [0.1, 0.15) is 48.2 Å². The Labute approximate surface area is 190 Å². The van der Waals surface area contributed by atoms with Crippen LogP contribution in [0.25, 0.3) is 0 Å². The molecule has 1 saturated heterocycles. The number of carbonyl (C=O) groups excluding carboxylic acids is 2. The molecule has 172 valence electrons. The third-order valence-corrected chi connectivity index (χ3v) is 7.17. The molecule has 1 fully saturated rings. The zero-order valence-electron chi connectivity index (χ0n) is 19.0. The third-order valence-electron chi connectivity index (χ3n) is 5.65. The SMILES string of the molecule is Cc1cccc(NS(=O)(=O)c2cc(C(=O)NC3CCN(C(=O)C(C)C)CC3)ccc2C)c1. The molecular weight excluding hydrogens is 426 g/mol. The highest BCUT2D eigenvalue weighted by Crippen LogP contribution is 2.22. The van der Waals surface area contributed by atoms with Crippen molar-refractivity contribution in [2.75, 3.05) is 17.8 Å². The maximum Gasteiger partial charge on any atom is 0.262 e. The molecule has 0 bridgehead atoms. The zero-order valence-corrected chi connectivity index (χ0v) is 19.8. The van der Waals surface area contributed by atoms with E-state index in [4.69, 9.17) is 0 Å². The monoisotopic (exact) mass is 457 g/mol. The second kappa shape index (κ2) is 9.73. The van der Waals surface area contributed by atoms with E-state index in [0.29, 0.717) is 42.7 Å². The van der Waals surface area contributed by atoms with Gasteiger partial charge in [-0.3, -0.25) is 14.3 Å². The number of nitrogens with zero attached hydrogens (tertiary/aromatic N) is 1. The first-order chi connectivity index (χ1) is 15.1. The van der Waals surface area contributed by atoms with Crippen molar-refractivity contribution in [3.05, 3.63) is 59.2 Å². The number of hydrogen-bond donors (Lipinski definition) is 2. The number of amides is 2. The fourth-order valence-electron chi connectivity index (χ4n) is 3.83. The van der Waals surface area contributed by atoms with Gasteiger partial charge in [0.2, 0.25) is 5.91 Å². The van der Waals surface area contributed by atoms with Gasteiger partial charge in [-0.25, -0.2) is 8.42 Å². The number of carbonyl (C=O) groups is 2. The maximum atomic E-state index is 13.0. The van der Waals surface area contributed by atoms with Crippen LogP contribution in [0.3, 0.4) is 0 Å². The van der Waals surface area contributed by atoms with Crippen LogP contribution in [0, 0.1) is 19.8 Å². The summed E-state index contributed by atoms with van der Waals surface area (Å²) in [6.45, 7) is 8.57. The summed E-state index contributed by atoms with van der Waals surface area (Å²) in [5.74, 6) is -0.225. The van der Waals surface area contributed by atoms with Gasteiger partial charge >= 0.3 is 0 Å². The number of anilines is 1. The molecule has 7 nitrogen and oxygen atoms in total. The summed E-state index contributed by atoms with van der Waals surface area (Å²) in [7, 11) is -3.85. The molecule has 3 rings (SSSR count). The van der Waals surface area contributed by atoms with Crippen molar-refractivity contribution in [3.63, 3.8) is 0 Å². The molecule has 0 spiro atoms. The largest absolute Gasteiger partial charge is 0.349 e. The Hall–Kier alpha value is -2.87. The highest BCUT2D eigenvalue weighted by Gasteiger charge is 2.26. The quantitative estimate of drug-likeness (QED) is 0.694. The minimum absolute atomic E-state index is 0.0394. The van der Waals surface area contributed by atoms with Gasteiger partial charge in [-0.05, 0) is 62.1 Å². The fraction of sp³-hybridized carbons (Fsp3) is 0.417. The molecule has 0 aliphatic carbocycles. The van der Waals surface area contributed by atoms with Crippen molar-refractivity contribution in [2.45, 2.75) is 51.5 Å². The lowest BCUT2D eigenvalue weighted by atomic mass is 10.0. The fourth-order valence-corrected chi connectivity index (χ4v) is 5.15.